The zero-order chi connectivity index (χ0) is 15.1. The average molecular weight is 356 g/mol. The van der Waals surface area contributed by atoms with E-state index in [0.29, 0.717) is 18.4 Å². The molecule has 0 aliphatic heterocycles. The third kappa shape index (κ3) is 6.06. The molecule has 1 saturated carbocycles. The Morgan fingerprint density at radius 1 is 1.43 bits per heavy atom. The molecular weight excluding hydrogens is 334 g/mol. The van der Waals surface area contributed by atoms with E-state index in [9.17, 15) is 4.79 Å². The highest BCUT2D eigenvalue weighted by atomic mass is 79.9. The van der Waals surface area contributed by atoms with Crippen LogP contribution >= 0.6 is 15.9 Å². The van der Waals surface area contributed by atoms with E-state index in [4.69, 9.17) is 9.47 Å². The Bertz CT molecular complexity index is 475. The lowest BCUT2D eigenvalue weighted by Crippen LogP contribution is -2.17. The Kier molecular flexibility index (Phi) is 6.51. The zero-order valence-corrected chi connectivity index (χ0v) is 13.9. The second-order valence-corrected chi connectivity index (χ2v) is 6.13. The van der Waals surface area contributed by atoms with Gasteiger partial charge in [-0.1, -0.05) is 29.3 Å². The van der Waals surface area contributed by atoms with Crippen LogP contribution in [0.5, 0.6) is 5.75 Å². The molecule has 0 radical (unpaired) electrons. The van der Waals surface area contributed by atoms with Crippen LogP contribution in [-0.2, 0) is 16.1 Å². The molecule has 1 aliphatic carbocycles. The summed E-state index contributed by atoms with van der Waals surface area (Å²) in [4.78, 5) is 11.5. The SMILES string of the molecule is CCCCOC(=O)COc1ccc(Br)c(CNC2CC2)c1. The molecule has 0 spiro atoms. The second kappa shape index (κ2) is 8.39. The Balaban J connectivity index is 1.79. The van der Waals surface area contributed by atoms with Crippen molar-refractivity contribution in [1.82, 2.24) is 5.32 Å². The van der Waals surface area contributed by atoms with Gasteiger partial charge >= 0.3 is 5.97 Å². The zero-order valence-electron chi connectivity index (χ0n) is 12.4. The number of hydrogen-bond acceptors (Lipinski definition) is 4. The molecule has 0 heterocycles. The number of nitrogens with one attached hydrogen (secondary N) is 1. The fourth-order valence-electron chi connectivity index (χ4n) is 1.83. The number of carbonyl (C=O) groups excluding carboxylic acids is 1. The first kappa shape index (κ1) is 16.3. The third-order valence-corrected chi connectivity index (χ3v) is 4.07. The van der Waals surface area contributed by atoms with Crippen LogP contribution in [-0.4, -0.2) is 25.2 Å². The molecule has 2 rings (SSSR count). The highest BCUT2D eigenvalue weighted by molar-refractivity contribution is 9.10. The van der Waals surface area contributed by atoms with Crippen molar-refractivity contribution in [3.63, 3.8) is 0 Å². The van der Waals surface area contributed by atoms with Gasteiger partial charge in [-0.25, -0.2) is 4.79 Å². The Morgan fingerprint density at radius 3 is 2.95 bits per heavy atom. The fourth-order valence-corrected chi connectivity index (χ4v) is 2.22. The molecule has 1 N–H and O–H groups in total. The minimum absolute atomic E-state index is 0.0408. The molecule has 21 heavy (non-hydrogen) atoms. The minimum atomic E-state index is -0.316. The van der Waals surface area contributed by atoms with Crippen LogP contribution in [0, 0.1) is 0 Å². The Hall–Kier alpha value is -1.07. The molecule has 0 atom stereocenters. The summed E-state index contributed by atoms with van der Waals surface area (Å²) in [5.74, 6) is 0.377. The lowest BCUT2D eigenvalue weighted by molar-refractivity contribution is -0.146. The summed E-state index contributed by atoms with van der Waals surface area (Å²) < 4.78 is 11.6. The van der Waals surface area contributed by atoms with Gasteiger partial charge in [0, 0.05) is 17.1 Å². The van der Waals surface area contributed by atoms with Crippen molar-refractivity contribution in [3.05, 3.63) is 28.2 Å². The fraction of sp³-hybridized carbons (Fsp3) is 0.562. The van der Waals surface area contributed by atoms with Crippen molar-refractivity contribution in [2.24, 2.45) is 0 Å². The molecule has 1 aliphatic rings. The summed E-state index contributed by atoms with van der Waals surface area (Å²) in [5.41, 5.74) is 1.14. The molecule has 0 amide bonds. The van der Waals surface area contributed by atoms with E-state index >= 15 is 0 Å². The molecule has 4 nitrogen and oxygen atoms in total. The number of halogens is 1. The lowest BCUT2D eigenvalue weighted by atomic mass is 10.2. The number of esters is 1. The number of ether oxygens (including phenoxy) is 2. The molecule has 0 unspecified atom stereocenters. The van der Waals surface area contributed by atoms with Gasteiger partial charge in [0.05, 0.1) is 6.61 Å². The van der Waals surface area contributed by atoms with Crippen LogP contribution in [0.15, 0.2) is 22.7 Å². The van der Waals surface area contributed by atoms with Crippen LogP contribution in [0.1, 0.15) is 38.2 Å². The molecule has 5 heteroatoms. The van der Waals surface area contributed by atoms with E-state index in [-0.39, 0.29) is 12.6 Å². The number of benzene rings is 1. The van der Waals surface area contributed by atoms with Gasteiger partial charge in [0.15, 0.2) is 6.61 Å². The highest BCUT2D eigenvalue weighted by Gasteiger charge is 2.20. The molecule has 0 saturated heterocycles. The highest BCUT2D eigenvalue weighted by Crippen LogP contribution is 2.25. The van der Waals surface area contributed by atoms with Gasteiger partial charge in [0.2, 0.25) is 0 Å². The van der Waals surface area contributed by atoms with E-state index in [1.165, 1.54) is 12.8 Å². The van der Waals surface area contributed by atoms with E-state index in [1.807, 2.05) is 18.2 Å². The van der Waals surface area contributed by atoms with Crippen LogP contribution < -0.4 is 10.1 Å². The summed E-state index contributed by atoms with van der Waals surface area (Å²) >= 11 is 3.54. The van der Waals surface area contributed by atoms with Crippen molar-refractivity contribution >= 4 is 21.9 Å². The van der Waals surface area contributed by atoms with Gasteiger partial charge in [0.25, 0.3) is 0 Å². The van der Waals surface area contributed by atoms with E-state index < -0.39 is 0 Å². The van der Waals surface area contributed by atoms with Crippen molar-refractivity contribution in [2.75, 3.05) is 13.2 Å². The molecule has 1 fully saturated rings. The molecule has 0 bridgehead atoms. The molecule has 0 aromatic heterocycles. The Labute approximate surface area is 134 Å². The van der Waals surface area contributed by atoms with Gasteiger partial charge in [-0.15, -0.1) is 0 Å². The van der Waals surface area contributed by atoms with Crippen molar-refractivity contribution < 1.29 is 14.3 Å². The molecule has 1 aromatic carbocycles. The third-order valence-electron chi connectivity index (χ3n) is 3.29. The van der Waals surface area contributed by atoms with Crippen LogP contribution in [0.2, 0.25) is 0 Å². The maximum atomic E-state index is 11.5. The predicted molar refractivity (Wildman–Crippen MR) is 85.4 cm³/mol. The van der Waals surface area contributed by atoms with Crippen molar-refractivity contribution in [3.8, 4) is 5.75 Å². The van der Waals surface area contributed by atoms with Gasteiger partial charge in [-0.3, -0.25) is 0 Å². The molecule has 1 aromatic rings. The maximum Gasteiger partial charge on any atom is 0.344 e. The van der Waals surface area contributed by atoms with Gasteiger partial charge in [-0.2, -0.15) is 0 Å². The average Bonchev–Trinajstić information content (AvgIpc) is 3.29. The molecule has 116 valence electrons. The van der Waals surface area contributed by atoms with Gasteiger partial charge in [-0.05, 0) is 43.0 Å². The van der Waals surface area contributed by atoms with Crippen LogP contribution in [0.3, 0.4) is 0 Å². The number of unbranched alkanes of at least 4 members (excludes halogenated alkanes) is 1. The standard InChI is InChI=1S/C16H22BrNO3/c1-2-3-8-20-16(19)11-21-14-6-7-15(17)12(9-14)10-18-13-4-5-13/h6-7,9,13,18H,2-5,8,10-11H2,1H3. The summed E-state index contributed by atoms with van der Waals surface area (Å²) in [6.45, 7) is 3.29. The van der Waals surface area contributed by atoms with E-state index in [1.54, 1.807) is 0 Å². The largest absolute Gasteiger partial charge is 0.482 e. The summed E-state index contributed by atoms with van der Waals surface area (Å²) in [6, 6.07) is 6.42. The van der Waals surface area contributed by atoms with Crippen molar-refractivity contribution in [2.45, 2.75) is 45.2 Å². The van der Waals surface area contributed by atoms with Gasteiger partial charge < -0.3 is 14.8 Å². The Morgan fingerprint density at radius 2 is 2.24 bits per heavy atom. The van der Waals surface area contributed by atoms with E-state index in [0.717, 1.165) is 29.4 Å². The van der Waals surface area contributed by atoms with Crippen LogP contribution in [0.25, 0.3) is 0 Å². The normalized spacial score (nSPS) is 14.0. The van der Waals surface area contributed by atoms with E-state index in [2.05, 4.69) is 28.2 Å². The first-order valence-electron chi connectivity index (χ1n) is 7.49. The quantitative estimate of drug-likeness (QED) is 0.544. The number of hydrogen-bond donors (Lipinski definition) is 1. The first-order valence-corrected chi connectivity index (χ1v) is 8.28. The predicted octanol–water partition coefficient (Wildman–Crippen LogP) is 3.42. The smallest absolute Gasteiger partial charge is 0.344 e. The summed E-state index contributed by atoms with van der Waals surface area (Å²) in [7, 11) is 0. The lowest BCUT2D eigenvalue weighted by Gasteiger charge is -2.10. The summed E-state index contributed by atoms with van der Waals surface area (Å²) in [5, 5.41) is 3.46. The number of carbonyl (C=O) groups is 1. The number of rotatable bonds is 9. The second-order valence-electron chi connectivity index (χ2n) is 5.27. The monoisotopic (exact) mass is 355 g/mol. The molecular formula is C16H22BrNO3. The van der Waals surface area contributed by atoms with Crippen molar-refractivity contribution in [1.29, 1.82) is 0 Å². The minimum Gasteiger partial charge on any atom is -0.482 e. The summed E-state index contributed by atoms with van der Waals surface area (Å²) in [6.07, 6.45) is 4.42. The van der Waals surface area contributed by atoms with Gasteiger partial charge in [0.1, 0.15) is 5.75 Å². The first-order chi connectivity index (χ1) is 10.2. The topological polar surface area (TPSA) is 47.6 Å². The van der Waals surface area contributed by atoms with Crippen LogP contribution in [0.4, 0.5) is 0 Å². The maximum absolute atomic E-state index is 11.5.